The third-order valence-corrected chi connectivity index (χ3v) is 14.6. The molecule has 70 heavy (non-hydrogen) atoms. The monoisotopic (exact) mass is 1010 g/mol. The van der Waals surface area contributed by atoms with Crippen LogP contribution in [-0.4, -0.2) is 74.3 Å². The number of carbonyl (C=O) groups excluding carboxylic acids is 2. The quantitative estimate of drug-likeness (QED) is 0.0205. The van der Waals surface area contributed by atoms with Crippen molar-refractivity contribution >= 4 is 19.7 Å². The zero-order valence-electron chi connectivity index (χ0n) is 47.3. The molecule has 1 amide bonds. The smallest absolute Gasteiger partial charge is 0.456 e. The molecule has 0 aromatic heterocycles. The van der Waals surface area contributed by atoms with Crippen LogP contribution in [0, 0.1) is 0 Å². The van der Waals surface area contributed by atoms with E-state index in [2.05, 4.69) is 38.2 Å². The van der Waals surface area contributed by atoms with E-state index in [1.165, 1.54) is 205 Å². The van der Waals surface area contributed by atoms with E-state index in [0.29, 0.717) is 23.9 Å². The maximum absolute atomic E-state index is 13.5. The molecule has 3 atom stereocenters. The third kappa shape index (κ3) is 51.4. The highest BCUT2D eigenvalue weighted by Gasteiger charge is 2.30. The van der Waals surface area contributed by atoms with Crippen molar-refractivity contribution in [3.8, 4) is 0 Å². The molecule has 0 rings (SSSR count). The summed E-state index contributed by atoms with van der Waals surface area (Å²) in [6.07, 6.45) is 58.7. The summed E-state index contributed by atoms with van der Waals surface area (Å²) in [5, 5.41) is 3.06. The van der Waals surface area contributed by atoms with Gasteiger partial charge in [0, 0.05) is 12.8 Å². The Bertz CT molecular complexity index is 1250. The minimum Gasteiger partial charge on any atom is -0.456 e. The van der Waals surface area contributed by atoms with Crippen molar-refractivity contribution in [3.63, 3.8) is 0 Å². The Labute approximate surface area is 434 Å². The van der Waals surface area contributed by atoms with Gasteiger partial charge in [0.25, 0.3) is 0 Å². The van der Waals surface area contributed by atoms with Crippen LogP contribution in [0.3, 0.4) is 0 Å². The molecule has 10 heteroatoms. The molecule has 0 aromatic rings. The van der Waals surface area contributed by atoms with Crippen molar-refractivity contribution in [1.29, 1.82) is 0 Å². The zero-order chi connectivity index (χ0) is 51.5. The first kappa shape index (κ1) is 68.5. The minimum absolute atomic E-state index is 0.0431. The van der Waals surface area contributed by atoms with Gasteiger partial charge < -0.3 is 19.4 Å². The molecular weight excluding hydrogens is 892 g/mol. The van der Waals surface area contributed by atoms with Crippen molar-refractivity contribution in [2.24, 2.45) is 0 Å². The van der Waals surface area contributed by atoms with Gasteiger partial charge in [-0.25, -0.2) is 4.57 Å². The summed E-state index contributed by atoms with van der Waals surface area (Å²) in [6, 6.07) is -0.843. The van der Waals surface area contributed by atoms with E-state index in [1.807, 2.05) is 33.3 Å². The summed E-state index contributed by atoms with van der Waals surface area (Å²) in [7, 11) is 1.51. The number of likely N-dealkylation sites (N-methyl/N-ethyl adjacent to an activating group) is 1. The normalized spacial score (nSPS) is 13.9. The van der Waals surface area contributed by atoms with Crippen LogP contribution in [0.4, 0.5) is 0 Å². The van der Waals surface area contributed by atoms with Crippen LogP contribution < -0.4 is 5.32 Å². The van der Waals surface area contributed by atoms with Crippen LogP contribution >= 0.6 is 7.82 Å². The highest BCUT2D eigenvalue weighted by Crippen LogP contribution is 2.43. The fourth-order valence-electron chi connectivity index (χ4n) is 8.94. The summed E-state index contributed by atoms with van der Waals surface area (Å²) >= 11 is 0. The number of esters is 1. The van der Waals surface area contributed by atoms with E-state index in [1.54, 1.807) is 0 Å². The zero-order valence-corrected chi connectivity index (χ0v) is 48.2. The van der Waals surface area contributed by atoms with Crippen LogP contribution in [0.5, 0.6) is 0 Å². The number of nitrogens with zero attached hydrogens (tertiary/aromatic N) is 1. The summed E-state index contributed by atoms with van der Waals surface area (Å²) in [6.45, 7) is 7.03. The number of unbranched alkanes of at least 4 members (excludes halogenated alkanes) is 37. The molecule has 0 heterocycles. The van der Waals surface area contributed by atoms with Crippen LogP contribution in [-0.2, 0) is 27.9 Å². The lowest BCUT2D eigenvalue weighted by molar-refractivity contribution is -0.870. The number of allylic oxidation sites excluding steroid dienone is 3. The standard InChI is InChI=1S/C60H117N2O7P/c1-7-10-13-16-19-22-25-28-30-32-34-37-40-43-46-49-52-59(63)61-57(56-68-70(65,66)67-55-54-62(4,5)6)58(51-48-45-42-39-36-33-27-24-21-18-15-12-9-3)69-60(64)53-50-47-44-41-38-35-31-29-26-23-20-17-14-11-8-2/h23,26,48,51,57-58H,7-22,24-25,27-47,49-50,52-56H2,1-6H3,(H-,61,63,65,66)/p+1/b26-23-,51-48+. The maximum Gasteiger partial charge on any atom is 0.472 e. The molecule has 0 aliphatic heterocycles. The predicted molar refractivity (Wildman–Crippen MR) is 300 cm³/mol. The van der Waals surface area contributed by atoms with E-state index in [0.717, 1.165) is 57.8 Å². The van der Waals surface area contributed by atoms with Crippen LogP contribution in [0.25, 0.3) is 0 Å². The lowest BCUT2D eigenvalue weighted by Gasteiger charge is -2.27. The van der Waals surface area contributed by atoms with E-state index in [9.17, 15) is 19.0 Å². The molecule has 3 unspecified atom stereocenters. The fourth-order valence-corrected chi connectivity index (χ4v) is 9.67. The van der Waals surface area contributed by atoms with Gasteiger partial charge in [-0.3, -0.25) is 18.6 Å². The number of carbonyl (C=O) groups is 2. The first-order valence-corrected chi connectivity index (χ1v) is 31.7. The second-order valence-electron chi connectivity index (χ2n) is 21.9. The van der Waals surface area contributed by atoms with Gasteiger partial charge in [0.1, 0.15) is 19.3 Å². The van der Waals surface area contributed by atoms with Crippen molar-refractivity contribution in [2.45, 2.75) is 309 Å². The highest BCUT2D eigenvalue weighted by molar-refractivity contribution is 7.47. The SMILES string of the molecule is CCCCCC/C=C\CCCCCCCCCC(=O)OC(/C=C/CCCCCCCCCCCCC)C(COP(=O)(O)OCC[N+](C)(C)C)NC(=O)CCCCCCCCCCCCCCCCCC. The third-order valence-electron chi connectivity index (χ3n) is 13.6. The second kappa shape index (κ2) is 51.0. The first-order chi connectivity index (χ1) is 33.9. The summed E-state index contributed by atoms with van der Waals surface area (Å²) < 4.78 is 30.7. The number of hydrogen-bond acceptors (Lipinski definition) is 6. The van der Waals surface area contributed by atoms with Crippen molar-refractivity contribution in [3.05, 3.63) is 24.3 Å². The number of phosphoric ester groups is 1. The van der Waals surface area contributed by atoms with Crippen LogP contribution in [0.15, 0.2) is 24.3 Å². The van der Waals surface area contributed by atoms with Gasteiger partial charge in [-0.05, 0) is 57.4 Å². The van der Waals surface area contributed by atoms with Gasteiger partial charge in [0.2, 0.25) is 5.91 Å². The molecule has 9 nitrogen and oxygen atoms in total. The molecule has 414 valence electrons. The fraction of sp³-hybridized carbons (Fsp3) is 0.900. The molecule has 0 saturated carbocycles. The van der Waals surface area contributed by atoms with Gasteiger partial charge in [-0.2, -0.15) is 0 Å². The molecular formula is C60H118N2O7P+. The van der Waals surface area contributed by atoms with Crippen LogP contribution in [0.2, 0.25) is 0 Å². The van der Waals surface area contributed by atoms with E-state index >= 15 is 0 Å². The molecule has 2 N–H and O–H groups in total. The number of quaternary nitrogens is 1. The number of amides is 1. The Hall–Kier alpha value is -1.51. The summed E-state index contributed by atoms with van der Waals surface area (Å²) in [5.74, 6) is -0.495. The number of nitrogens with one attached hydrogen (secondary N) is 1. The minimum atomic E-state index is -4.44. The molecule has 0 saturated heterocycles. The van der Waals surface area contributed by atoms with E-state index in [4.69, 9.17) is 13.8 Å². The summed E-state index contributed by atoms with van der Waals surface area (Å²) in [4.78, 5) is 37.6. The average molecular weight is 1010 g/mol. The van der Waals surface area contributed by atoms with Gasteiger partial charge >= 0.3 is 13.8 Å². The lowest BCUT2D eigenvalue weighted by atomic mass is 10.0. The molecule has 0 radical (unpaired) electrons. The van der Waals surface area contributed by atoms with Crippen molar-refractivity contribution in [1.82, 2.24) is 5.32 Å². The highest BCUT2D eigenvalue weighted by atomic mass is 31.2. The predicted octanol–water partition coefficient (Wildman–Crippen LogP) is 18.2. The van der Waals surface area contributed by atoms with Gasteiger partial charge in [-0.1, -0.05) is 251 Å². The average Bonchev–Trinajstić information content (AvgIpc) is 3.32. The van der Waals surface area contributed by atoms with E-state index in [-0.39, 0.29) is 25.1 Å². The van der Waals surface area contributed by atoms with Crippen molar-refractivity contribution in [2.75, 3.05) is 40.9 Å². The lowest BCUT2D eigenvalue weighted by Crippen LogP contribution is -2.47. The number of hydrogen-bond donors (Lipinski definition) is 2. The largest absolute Gasteiger partial charge is 0.472 e. The molecule has 0 fully saturated rings. The summed E-state index contributed by atoms with van der Waals surface area (Å²) in [5.41, 5.74) is 0. The molecule has 0 bridgehead atoms. The van der Waals surface area contributed by atoms with E-state index < -0.39 is 20.0 Å². The number of ether oxygens (including phenoxy) is 1. The second-order valence-corrected chi connectivity index (χ2v) is 23.3. The maximum atomic E-state index is 13.5. The Kier molecular flexibility index (Phi) is 49.9. The molecule has 0 aliphatic rings. The number of rotatable bonds is 55. The van der Waals surface area contributed by atoms with Crippen LogP contribution in [0.1, 0.15) is 297 Å². The molecule has 0 aromatic carbocycles. The topological polar surface area (TPSA) is 111 Å². The Morgan fingerprint density at radius 1 is 0.486 bits per heavy atom. The van der Waals surface area contributed by atoms with Gasteiger partial charge in [0.05, 0.1) is 33.8 Å². The molecule has 0 spiro atoms. The van der Waals surface area contributed by atoms with Gasteiger partial charge in [-0.15, -0.1) is 0 Å². The first-order valence-electron chi connectivity index (χ1n) is 30.2. The van der Waals surface area contributed by atoms with Crippen molar-refractivity contribution < 1.29 is 37.3 Å². The molecule has 0 aliphatic carbocycles. The number of phosphoric acid groups is 1. The Balaban J connectivity index is 5.31. The Morgan fingerprint density at radius 3 is 1.23 bits per heavy atom. The Morgan fingerprint density at radius 2 is 0.829 bits per heavy atom. The van der Waals surface area contributed by atoms with Gasteiger partial charge in [0.15, 0.2) is 0 Å².